The number of thiophene rings is 1. The maximum absolute atomic E-state index is 6.54. The van der Waals surface area contributed by atoms with Gasteiger partial charge in [-0.2, -0.15) is 0 Å². The van der Waals surface area contributed by atoms with Crippen molar-refractivity contribution in [3.05, 3.63) is 138 Å². The van der Waals surface area contributed by atoms with Crippen LogP contribution in [0.25, 0.3) is 80.7 Å². The predicted octanol–water partition coefficient (Wildman–Crippen LogP) is 14.1. The van der Waals surface area contributed by atoms with Crippen molar-refractivity contribution < 1.29 is 4.42 Å². The SMILES string of the molecule is CC(C)(C)c1ccc(Nc2cc3c(cc2-c2ccc4c5cc6c(cc5n5c4c2[B]c2cc4oc7ccccc7c4cc2-5)sc2ccccc26)C(C)(C)CCC3(C)C)cc1. The van der Waals surface area contributed by atoms with Gasteiger partial charge in [0.25, 0.3) is 0 Å². The Bertz CT molecular complexity index is 3420. The van der Waals surface area contributed by atoms with Crippen LogP contribution in [0.3, 0.4) is 0 Å². The molecule has 1 N–H and O–H groups in total. The zero-order chi connectivity index (χ0) is 40.2. The van der Waals surface area contributed by atoms with Crippen molar-refractivity contribution >= 4 is 105 Å². The molecule has 59 heavy (non-hydrogen) atoms. The Morgan fingerprint density at radius 3 is 2.14 bits per heavy atom. The van der Waals surface area contributed by atoms with Crippen LogP contribution in [0.15, 0.2) is 126 Å². The molecule has 10 aromatic rings. The average Bonchev–Trinajstić information content (AvgIpc) is 3.87. The molecular weight excluding hydrogens is 735 g/mol. The molecule has 0 unspecified atom stereocenters. The third-order valence-electron chi connectivity index (χ3n) is 13.8. The number of rotatable bonds is 3. The van der Waals surface area contributed by atoms with E-state index < -0.39 is 0 Å². The second-order valence-corrected chi connectivity index (χ2v) is 20.6. The molecule has 0 atom stereocenters. The molecule has 4 heterocycles. The summed E-state index contributed by atoms with van der Waals surface area (Å²) in [5.74, 6) is 0. The van der Waals surface area contributed by atoms with Gasteiger partial charge < -0.3 is 14.3 Å². The molecule has 5 heteroatoms. The predicted molar refractivity (Wildman–Crippen MR) is 255 cm³/mol. The fourth-order valence-corrected chi connectivity index (χ4v) is 11.5. The summed E-state index contributed by atoms with van der Waals surface area (Å²) in [6, 6.07) is 45.7. The molecule has 0 fully saturated rings. The lowest BCUT2D eigenvalue weighted by Crippen LogP contribution is -2.37. The number of fused-ring (bicyclic) bond motifs is 12. The smallest absolute Gasteiger partial charge is 0.198 e. The molecule has 1 aliphatic carbocycles. The van der Waals surface area contributed by atoms with Crippen molar-refractivity contribution in [2.75, 3.05) is 5.32 Å². The zero-order valence-electron chi connectivity index (χ0n) is 34.8. The van der Waals surface area contributed by atoms with Gasteiger partial charge in [-0.15, -0.1) is 11.3 Å². The summed E-state index contributed by atoms with van der Waals surface area (Å²) < 4.78 is 11.7. The molecule has 2 aliphatic rings. The normalized spacial score (nSPS) is 15.6. The fourth-order valence-electron chi connectivity index (χ4n) is 10.4. The Morgan fingerprint density at radius 2 is 1.36 bits per heavy atom. The monoisotopic (exact) mass is 781 g/mol. The number of anilines is 2. The van der Waals surface area contributed by atoms with Gasteiger partial charge in [0, 0.05) is 69.9 Å². The lowest BCUT2D eigenvalue weighted by molar-refractivity contribution is 0.332. The number of benzene rings is 7. The standard InChI is InChI=1S/C54H46BN2OS/c1-52(2,3)30-16-18-31(19-17-30)56-43-27-41-40(53(4,5)22-23-54(41,6)7)25-36(43)34-20-21-35-37-24-39-33-13-9-11-15-48(33)59-49(39)29-44(37)57-45-26-38-32-12-8-10-14-46(32)58-47(38)28-42(45)55-50(34)51(35)57/h8-21,24-29,56H,22-23H2,1-7H3. The van der Waals surface area contributed by atoms with Crippen molar-refractivity contribution in [1.82, 2.24) is 4.57 Å². The van der Waals surface area contributed by atoms with Gasteiger partial charge in [-0.25, -0.2) is 0 Å². The molecule has 0 saturated heterocycles. The topological polar surface area (TPSA) is 30.1 Å². The van der Waals surface area contributed by atoms with Crippen LogP contribution in [0.2, 0.25) is 0 Å². The van der Waals surface area contributed by atoms with E-state index in [0.717, 1.165) is 46.2 Å². The van der Waals surface area contributed by atoms with Crippen molar-refractivity contribution in [2.45, 2.75) is 77.6 Å². The van der Waals surface area contributed by atoms with Crippen LogP contribution in [0.5, 0.6) is 0 Å². The quantitative estimate of drug-likeness (QED) is 0.181. The van der Waals surface area contributed by atoms with Gasteiger partial charge in [0.1, 0.15) is 11.2 Å². The largest absolute Gasteiger partial charge is 0.456 e. The van der Waals surface area contributed by atoms with E-state index in [1.807, 2.05) is 11.3 Å². The van der Waals surface area contributed by atoms with Gasteiger partial charge >= 0.3 is 0 Å². The van der Waals surface area contributed by atoms with Gasteiger partial charge in [0.05, 0.1) is 5.52 Å². The maximum Gasteiger partial charge on any atom is 0.198 e. The summed E-state index contributed by atoms with van der Waals surface area (Å²) in [6.45, 7) is 16.6. The van der Waals surface area contributed by atoms with E-state index in [0.29, 0.717) is 0 Å². The van der Waals surface area contributed by atoms with E-state index in [1.165, 1.54) is 86.4 Å². The fraction of sp³-hybridized carbons (Fsp3) is 0.222. The average molecular weight is 782 g/mol. The van der Waals surface area contributed by atoms with Crippen molar-refractivity contribution in [2.24, 2.45) is 0 Å². The first kappa shape index (κ1) is 35.2. The van der Waals surface area contributed by atoms with Gasteiger partial charge in [0.2, 0.25) is 0 Å². The highest BCUT2D eigenvalue weighted by molar-refractivity contribution is 7.25. The number of furan rings is 1. The van der Waals surface area contributed by atoms with Crippen LogP contribution in [0.4, 0.5) is 11.4 Å². The molecule has 0 spiro atoms. The highest BCUT2D eigenvalue weighted by Gasteiger charge is 2.38. The van der Waals surface area contributed by atoms with Gasteiger partial charge in [-0.05, 0) is 117 Å². The van der Waals surface area contributed by atoms with E-state index in [1.54, 1.807) is 0 Å². The maximum atomic E-state index is 6.54. The third kappa shape index (κ3) is 5.13. The van der Waals surface area contributed by atoms with Gasteiger partial charge in [-0.1, -0.05) is 115 Å². The van der Waals surface area contributed by atoms with Crippen molar-refractivity contribution in [3.63, 3.8) is 0 Å². The van der Waals surface area contributed by atoms with E-state index >= 15 is 0 Å². The molecule has 1 radical (unpaired) electrons. The van der Waals surface area contributed by atoms with Crippen LogP contribution in [-0.4, -0.2) is 11.8 Å². The molecule has 3 aromatic heterocycles. The lowest BCUT2D eigenvalue weighted by Gasteiger charge is -2.42. The lowest BCUT2D eigenvalue weighted by atomic mass is 9.58. The highest BCUT2D eigenvalue weighted by Crippen LogP contribution is 2.50. The molecule has 7 aromatic carbocycles. The Labute approximate surface area is 349 Å². The van der Waals surface area contributed by atoms with Crippen LogP contribution >= 0.6 is 11.3 Å². The van der Waals surface area contributed by atoms with Crippen LogP contribution in [-0.2, 0) is 16.2 Å². The third-order valence-corrected chi connectivity index (χ3v) is 15.0. The number of hydrogen-bond acceptors (Lipinski definition) is 3. The Kier molecular flexibility index (Phi) is 7.11. The minimum absolute atomic E-state index is 0.0560. The molecule has 3 nitrogen and oxygen atoms in total. The summed E-state index contributed by atoms with van der Waals surface area (Å²) in [5.41, 5.74) is 17.1. The van der Waals surface area contributed by atoms with E-state index in [-0.39, 0.29) is 16.2 Å². The van der Waals surface area contributed by atoms with Crippen LogP contribution in [0, 0.1) is 0 Å². The van der Waals surface area contributed by atoms with Crippen LogP contribution in [0.1, 0.15) is 78.0 Å². The molecule has 0 amide bonds. The number of nitrogens with zero attached hydrogens (tertiary/aromatic N) is 1. The second kappa shape index (κ2) is 11.9. The molecule has 287 valence electrons. The Balaban J connectivity index is 1.16. The molecule has 0 saturated carbocycles. The van der Waals surface area contributed by atoms with E-state index in [4.69, 9.17) is 4.42 Å². The highest BCUT2D eigenvalue weighted by atomic mass is 32.1. The summed E-state index contributed by atoms with van der Waals surface area (Å²) in [7, 11) is 2.44. The molecule has 12 rings (SSSR count). The summed E-state index contributed by atoms with van der Waals surface area (Å²) in [4.78, 5) is 0. The Morgan fingerprint density at radius 1 is 0.627 bits per heavy atom. The number of nitrogens with one attached hydrogen (secondary N) is 1. The number of hydrogen-bond donors (Lipinski definition) is 1. The van der Waals surface area contributed by atoms with E-state index in [2.05, 4.69) is 187 Å². The van der Waals surface area contributed by atoms with Gasteiger partial charge in [-0.3, -0.25) is 0 Å². The van der Waals surface area contributed by atoms with E-state index in [9.17, 15) is 0 Å². The molecule has 0 bridgehead atoms. The summed E-state index contributed by atoms with van der Waals surface area (Å²) in [6.07, 6.45) is 2.32. The molecular formula is C54H46BN2OS. The number of aromatic nitrogens is 1. The first-order chi connectivity index (χ1) is 28.3. The first-order valence-electron chi connectivity index (χ1n) is 21.1. The summed E-state index contributed by atoms with van der Waals surface area (Å²) >= 11 is 1.89. The minimum Gasteiger partial charge on any atom is -0.456 e. The van der Waals surface area contributed by atoms with Crippen LogP contribution < -0.4 is 16.2 Å². The van der Waals surface area contributed by atoms with Crippen molar-refractivity contribution in [1.29, 1.82) is 0 Å². The molecule has 1 aliphatic heterocycles. The first-order valence-corrected chi connectivity index (χ1v) is 21.9. The van der Waals surface area contributed by atoms with Gasteiger partial charge in [0.15, 0.2) is 7.28 Å². The zero-order valence-corrected chi connectivity index (χ0v) is 35.6. The second-order valence-electron chi connectivity index (χ2n) is 19.5. The summed E-state index contributed by atoms with van der Waals surface area (Å²) in [5, 5.41) is 11.5. The Hall–Kier alpha value is -5.78. The minimum atomic E-state index is 0.0560. The number of para-hydroxylation sites is 1. The van der Waals surface area contributed by atoms with Crippen molar-refractivity contribution in [3.8, 4) is 16.8 Å².